The maximum Gasteiger partial charge on any atom is 0.134 e. The van der Waals surface area contributed by atoms with E-state index in [0.717, 1.165) is 0 Å². The molecule has 0 saturated heterocycles. The molecule has 0 saturated carbocycles. The average Bonchev–Trinajstić information content (AvgIpc) is 2.34. The van der Waals surface area contributed by atoms with Crippen LogP contribution in [0.5, 0.6) is 0 Å². The summed E-state index contributed by atoms with van der Waals surface area (Å²) in [6.07, 6.45) is 1.52. The molecule has 0 aliphatic rings. The van der Waals surface area contributed by atoms with Crippen LogP contribution in [0.3, 0.4) is 0 Å². The number of benzene rings is 1. The van der Waals surface area contributed by atoms with Gasteiger partial charge in [0.05, 0.1) is 11.7 Å². The van der Waals surface area contributed by atoms with Gasteiger partial charge in [-0.1, -0.05) is 6.07 Å². The summed E-state index contributed by atoms with van der Waals surface area (Å²) in [6.45, 7) is 3.26. The van der Waals surface area contributed by atoms with E-state index in [4.69, 9.17) is 5.73 Å². The second-order valence-corrected chi connectivity index (χ2v) is 4.10. The lowest BCUT2D eigenvalue weighted by Crippen LogP contribution is -2.18. The van der Waals surface area contributed by atoms with Crippen LogP contribution in [0.4, 0.5) is 8.78 Å². The van der Waals surface area contributed by atoms with Gasteiger partial charge >= 0.3 is 0 Å². The van der Waals surface area contributed by atoms with Gasteiger partial charge in [0.15, 0.2) is 0 Å². The molecule has 3 nitrogen and oxygen atoms in total. The van der Waals surface area contributed by atoms with E-state index in [1.54, 1.807) is 19.9 Å². The van der Waals surface area contributed by atoms with Gasteiger partial charge in [0.2, 0.25) is 0 Å². The van der Waals surface area contributed by atoms with Gasteiger partial charge in [-0.15, -0.1) is 0 Å². The molecule has 5 heteroatoms. The Morgan fingerprint density at radius 3 is 2.56 bits per heavy atom. The molecule has 0 aliphatic heterocycles. The van der Waals surface area contributed by atoms with E-state index in [1.807, 2.05) is 0 Å². The maximum absolute atomic E-state index is 13.9. The highest BCUT2D eigenvalue weighted by Gasteiger charge is 2.21. The van der Waals surface area contributed by atoms with Crippen LogP contribution in [0.25, 0.3) is 0 Å². The Morgan fingerprint density at radius 1 is 1.17 bits per heavy atom. The lowest BCUT2D eigenvalue weighted by molar-refractivity contribution is 0.535. The Morgan fingerprint density at radius 2 is 1.89 bits per heavy atom. The lowest BCUT2D eigenvalue weighted by Gasteiger charge is -2.14. The zero-order valence-electron chi connectivity index (χ0n) is 10.1. The van der Waals surface area contributed by atoms with Crippen molar-refractivity contribution >= 4 is 0 Å². The summed E-state index contributed by atoms with van der Waals surface area (Å²) in [5, 5.41) is 0. The number of rotatable bonds is 2. The van der Waals surface area contributed by atoms with E-state index in [1.165, 1.54) is 18.3 Å². The first kappa shape index (κ1) is 12.6. The Balaban J connectivity index is 2.52. The minimum atomic E-state index is -0.938. The van der Waals surface area contributed by atoms with E-state index < -0.39 is 17.7 Å². The van der Waals surface area contributed by atoms with Gasteiger partial charge in [-0.25, -0.2) is 18.7 Å². The zero-order valence-corrected chi connectivity index (χ0v) is 10.1. The topological polar surface area (TPSA) is 51.8 Å². The van der Waals surface area contributed by atoms with Gasteiger partial charge in [0.1, 0.15) is 17.5 Å². The largest absolute Gasteiger partial charge is 0.319 e. The van der Waals surface area contributed by atoms with Crippen LogP contribution in [-0.4, -0.2) is 9.97 Å². The van der Waals surface area contributed by atoms with Crippen LogP contribution in [0.2, 0.25) is 0 Å². The molecular weight excluding hydrogens is 236 g/mol. The number of nitrogens with two attached hydrogens (primary N) is 1. The molecule has 1 atom stereocenters. The number of aromatic nitrogens is 2. The van der Waals surface area contributed by atoms with Crippen LogP contribution in [0.1, 0.15) is 28.7 Å². The summed E-state index contributed by atoms with van der Waals surface area (Å²) in [7, 11) is 0. The van der Waals surface area contributed by atoms with Crippen molar-refractivity contribution in [2.75, 3.05) is 0 Å². The Bertz CT molecular complexity index is 584. The molecule has 0 amide bonds. The third-order valence-electron chi connectivity index (χ3n) is 2.75. The Labute approximate surface area is 104 Å². The molecule has 1 aromatic carbocycles. The summed E-state index contributed by atoms with van der Waals surface area (Å²) in [4.78, 5) is 8.02. The van der Waals surface area contributed by atoms with E-state index in [-0.39, 0.29) is 5.56 Å². The minimum Gasteiger partial charge on any atom is -0.319 e. The van der Waals surface area contributed by atoms with Crippen LogP contribution >= 0.6 is 0 Å². The van der Waals surface area contributed by atoms with Crippen molar-refractivity contribution in [3.05, 3.63) is 58.7 Å². The second kappa shape index (κ2) is 4.78. The first-order valence-corrected chi connectivity index (χ1v) is 5.50. The van der Waals surface area contributed by atoms with E-state index in [9.17, 15) is 8.78 Å². The molecule has 2 rings (SSSR count). The van der Waals surface area contributed by atoms with Crippen molar-refractivity contribution < 1.29 is 8.78 Å². The second-order valence-electron chi connectivity index (χ2n) is 4.10. The molecule has 0 radical (unpaired) electrons. The molecule has 0 fully saturated rings. The van der Waals surface area contributed by atoms with Gasteiger partial charge in [-0.3, -0.25) is 0 Å². The normalized spacial score (nSPS) is 12.5. The first-order valence-electron chi connectivity index (χ1n) is 5.50. The van der Waals surface area contributed by atoms with Crippen molar-refractivity contribution in [1.29, 1.82) is 0 Å². The molecule has 94 valence electrons. The van der Waals surface area contributed by atoms with Crippen LogP contribution < -0.4 is 5.73 Å². The quantitative estimate of drug-likeness (QED) is 0.889. The highest BCUT2D eigenvalue weighted by Crippen LogP contribution is 2.25. The fourth-order valence-corrected chi connectivity index (χ4v) is 1.76. The highest BCUT2D eigenvalue weighted by atomic mass is 19.1. The molecule has 1 aromatic heterocycles. The zero-order chi connectivity index (χ0) is 13.3. The molecule has 1 heterocycles. The van der Waals surface area contributed by atoms with Crippen molar-refractivity contribution in [2.45, 2.75) is 19.9 Å². The van der Waals surface area contributed by atoms with Crippen LogP contribution in [0, 0.1) is 25.5 Å². The van der Waals surface area contributed by atoms with Gasteiger partial charge < -0.3 is 5.73 Å². The van der Waals surface area contributed by atoms with Crippen molar-refractivity contribution in [3.8, 4) is 0 Å². The summed E-state index contributed by atoms with van der Waals surface area (Å²) >= 11 is 0. The molecule has 0 spiro atoms. The third kappa shape index (κ3) is 2.22. The fraction of sp³-hybridized carbons (Fsp3) is 0.231. The standard InChI is InChI=1S/C13H13F2N3/c1-7-3-4-9(14)11(12(7)15)13(16)10-5-6-17-8(2)18-10/h3-6,13H,16H2,1-2H3. The molecule has 2 N–H and O–H groups in total. The lowest BCUT2D eigenvalue weighted by atomic mass is 10.0. The minimum absolute atomic E-state index is 0.159. The first-order chi connectivity index (χ1) is 8.50. The highest BCUT2D eigenvalue weighted by molar-refractivity contribution is 5.33. The van der Waals surface area contributed by atoms with Crippen molar-refractivity contribution in [1.82, 2.24) is 9.97 Å². The average molecular weight is 249 g/mol. The number of halogens is 2. The summed E-state index contributed by atoms with van der Waals surface area (Å²) in [5.41, 5.74) is 6.47. The van der Waals surface area contributed by atoms with E-state index in [0.29, 0.717) is 17.1 Å². The smallest absolute Gasteiger partial charge is 0.134 e. The Kier molecular flexibility index (Phi) is 3.34. The SMILES string of the molecule is Cc1nccc(C(N)c2c(F)ccc(C)c2F)n1. The summed E-state index contributed by atoms with van der Waals surface area (Å²) in [5.74, 6) is -0.781. The van der Waals surface area contributed by atoms with E-state index >= 15 is 0 Å². The molecule has 2 aromatic rings. The monoisotopic (exact) mass is 249 g/mol. The number of aryl methyl sites for hydroxylation is 2. The van der Waals surface area contributed by atoms with Gasteiger partial charge in [-0.2, -0.15) is 0 Å². The molecule has 18 heavy (non-hydrogen) atoms. The predicted octanol–water partition coefficient (Wildman–Crippen LogP) is 2.42. The third-order valence-corrected chi connectivity index (χ3v) is 2.75. The molecule has 0 aliphatic carbocycles. The predicted molar refractivity (Wildman–Crippen MR) is 63.9 cm³/mol. The van der Waals surface area contributed by atoms with Gasteiger partial charge in [0.25, 0.3) is 0 Å². The van der Waals surface area contributed by atoms with Crippen LogP contribution in [-0.2, 0) is 0 Å². The molecule has 0 bridgehead atoms. The maximum atomic E-state index is 13.9. The Hall–Kier alpha value is -1.88. The van der Waals surface area contributed by atoms with Crippen molar-refractivity contribution in [2.24, 2.45) is 5.73 Å². The van der Waals surface area contributed by atoms with Gasteiger partial charge in [-0.05, 0) is 31.5 Å². The summed E-state index contributed by atoms with van der Waals surface area (Å²) in [6, 6.07) is 3.21. The number of hydrogen-bond donors (Lipinski definition) is 1. The molecular formula is C13H13F2N3. The summed E-state index contributed by atoms with van der Waals surface area (Å²) < 4.78 is 27.6. The number of hydrogen-bond acceptors (Lipinski definition) is 3. The van der Waals surface area contributed by atoms with E-state index in [2.05, 4.69) is 9.97 Å². The van der Waals surface area contributed by atoms with Gasteiger partial charge in [0, 0.05) is 11.8 Å². The molecule has 1 unspecified atom stereocenters. The number of nitrogens with zero attached hydrogens (tertiary/aromatic N) is 2. The van der Waals surface area contributed by atoms with Crippen molar-refractivity contribution in [3.63, 3.8) is 0 Å². The van der Waals surface area contributed by atoms with Crippen LogP contribution in [0.15, 0.2) is 24.4 Å². The fourth-order valence-electron chi connectivity index (χ4n) is 1.76.